The molecule has 5 aromatic rings. The van der Waals surface area contributed by atoms with Gasteiger partial charge in [0.15, 0.2) is 5.69 Å². The van der Waals surface area contributed by atoms with Gasteiger partial charge in [0.1, 0.15) is 0 Å². The molecule has 2 N–H and O–H groups in total. The maximum Gasteiger partial charge on any atom is 0.272 e. The Morgan fingerprint density at radius 2 is 1.97 bits per heavy atom. The molecule has 0 unspecified atom stereocenters. The van der Waals surface area contributed by atoms with Gasteiger partial charge in [-0.1, -0.05) is 36.4 Å². The first kappa shape index (κ1) is 20.3. The number of rotatable bonds is 6. The van der Waals surface area contributed by atoms with E-state index < -0.39 is 0 Å². The highest BCUT2D eigenvalue weighted by Crippen LogP contribution is 2.31. The van der Waals surface area contributed by atoms with Crippen LogP contribution in [0.5, 0.6) is 5.88 Å². The molecule has 3 heterocycles. The van der Waals surface area contributed by atoms with E-state index in [-0.39, 0.29) is 5.91 Å². The molecule has 0 atom stereocenters. The van der Waals surface area contributed by atoms with Crippen LogP contribution in [0.2, 0.25) is 0 Å². The van der Waals surface area contributed by atoms with Crippen LogP contribution in [0.4, 0.5) is 0 Å². The second-order valence-corrected chi connectivity index (χ2v) is 7.32. The molecule has 0 saturated heterocycles. The number of ether oxygens (including phenoxy) is 1. The minimum absolute atomic E-state index is 0.243. The maximum absolute atomic E-state index is 12.0. The van der Waals surface area contributed by atoms with Gasteiger partial charge in [0.05, 0.1) is 24.7 Å². The van der Waals surface area contributed by atoms with Crippen LogP contribution < -0.4 is 10.1 Å². The Morgan fingerprint density at radius 1 is 1.12 bits per heavy atom. The van der Waals surface area contributed by atoms with Crippen LogP contribution in [0.1, 0.15) is 16.1 Å². The fourth-order valence-electron chi connectivity index (χ4n) is 3.59. The number of hydrogen-bond donors (Lipinski definition) is 2. The van der Waals surface area contributed by atoms with Crippen molar-refractivity contribution in [2.24, 2.45) is 0 Å². The van der Waals surface area contributed by atoms with Crippen LogP contribution in [-0.4, -0.2) is 55.5 Å². The summed E-state index contributed by atoms with van der Waals surface area (Å²) in [5, 5.41) is 23.3. The van der Waals surface area contributed by atoms with Gasteiger partial charge in [0.2, 0.25) is 11.7 Å². The van der Waals surface area contributed by atoms with Gasteiger partial charge in [-0.15, -0.1) is 10.2 Å². The van der Waals surface area contributed by atoms with Crippen molar-refractivity contribution in [2.75, 3.05) is 14.2 Å². The summed E-state index contributed by atoms with van der Waals surface area (Å²) in [7, 11) is 3.13. The molecule has 0 bridgehead atoms. The standard InChI is InChI=1S/C23H20N8O2/c1-24-22(32)20-17-9-8-15(11-19(17)26-27-20)16-10-18(23(33-2)25-12-16)21-28-30-31(29-21)13-14-6-4-3-5-7-14/h3-12H,13H2,1-2H3,(H,24,32)(H,26,27). The van der Waals surface area contributed by atoms with Gasteiger partial charge in [0, 0.05) is 24.2 Å². The minimum atomic E-state index is -0.243. The Morgan fingerprint density at radius 3 is 2.76 bits per heavy atom. The highest BCUT2D eigenvalue weighted by atomic mass is 16.5. The second-order valence-electron chi connectivity index (χ2n) is 7.32. The smallest absolute Gasteiger partial charge is 0.272 e. The molecule has 5 rings (SSSR count). The Hall–Kier alpha value is -4.60. The van der Waals surface area contributed by atoms with Crippen molar-refractivity contribution >= 4 is 16.8 Å². The molecule has 0 aliphatic rings. The lowest BCUT2D eigenvalue weighted by molar-refractivity contribution is 0.0959. The largest absolute Gasteiger partial charge is 0.480 e. The number of benzene rings is 2. The van der Waals surface area contributed by atoms with E-state index in [2.05, 4.69) is 35.9 Å². The summed E-state index contributed by atoms with van der Waals surface area (Å²) in [6.07, 6.45) is 1.72. The predicted molar refractivity (Wildman–Crippen MR) is 122 cm³/mol. The van der Waals surface area contributed by atoms with E-state index in [1.165, 1.54) is 4.80 Å². The number of hydrogen-bond acceptors (Lipinski definition) is 7. The number of H-pyrrole nitrogens is 1. The summed E-state index contributed by atoms with van der Waals surface area (Å²) in [6.45, 7) is 0.507. The second kappa shape index (κ2) is 8.50. The zero-order chi connectivity index (χ0) is 22.8. The van der Waals surface area contributed by atoms with Crippen molar-refractivity contribution in [2.45, 2.75) is 6.54 Å². The molecule has 0 saturated carbocycles. The first-order valence-corrected chi connectivity index (χ1v) is 10.2. The monoisotopic (exact) mass is 440 g/mol. The van der Waals surface area contributed by atoms with E-state index in [1.807, 2.05) is 54.6 Å². The number of amides is 1. The average Bonchev–Trinajstić information content (AvgIpc) is 3.50. The summed E-state index contributed by atoms with van der Waals surface area (Å²) in [5.41, 5.74) is 4.53. The summed E-state index contributed by atoms with van der Waals surface area (Å²) >= 11 is 0. The predicted octanol–water partition coefficient (Wildman–Crippen LogP) is 2.69. The normalized spacial score (nSPS) is 11.0. The van der Waals surface area contributed by atoms with E-state index in [0.29, 0.717) is 29.5 Å². The number of carbonyl (C=O) groups is 1. The summed E-state index contributed by atoms with van der Waals surface area (Å²) < 4.78 is 5.44. The Kier molecular flexibility index (Phi) is 5.23. The van der Waals surface area contributed by atoms with Crippen molar-refractivity contribution in [1.29, 1.82) is 0 Å². The van der Waals surface area contributed by atoms with Gasteiger partial charge in [-0.3, -0.25) is 9.89 Å². The molecule has 33 heavy (non-hydrogen) atoms. The molecule has 164 valence electrons. The first-order valence-electron chi connectivity index (χ1n) is 10.2. The van der Waals surface area contributed by atoms with E-state index in [1.54, 1.807) is 20.4 Å². The van der Waals surface area contributed by atoms with Crippen molar-refractivity contribution < 1.29 is 9.53 Å². The topological polar surface area (TPSA) is 124 Å². The number of carbonyl (C=O) groups excluding carboxylic acids is 1. The first-order chi connectivity index (χ1) is 16.2. The average molecular weight is 440 g/mol. The van der Waals surface area contributed by atoms with E-state index >= 15 is 0 Å². The molecule has 10 heteroatoms. The van der Waals surface area contributed by atoms with Crippen molar-refractivity contribution in [1.82, 2.24) is 40.7 Å². The Bertz CT molecular complexity index is 1440. The van der Waals surface area contributed by atoms with Gasteiger partial charge in [-0.2, -0.15) is 9.90 Å². The molecule has 1 amide bonds. The molecule has 0 aliphatic heterocycles. The number of tetrazole rings is 1. The van der Waals surface area contributed by atoms with E-state index in [0.717, 1.165) is 27.6 Å². The third-order valence-electron chi connectivity index (χ3n) is 5.24. The van der Waals surface area contributed by atoms with Crippen LogP contribution in [-0.2, 0) is 6.54 Å². The number of nitrogens with zero attached hydrogens (tertiary/aromatic N) is 6. The SMILES string of the molecule is CNC(=O)c1n[nH]c2cc(-c3cnc(OC)c(-c4nnn(Cc5ccccc5)n4)c3)ccc12. The zero-order valence-electron chi connectivity index (χ0n) is 18.0. The van der Waals surface area contributed by atoms with E-state index in [9.17, 15) is 4.79 Å². The van der Waals surface area contributed by atoms with E-state index in [4.69, 9.17) is 4.74 Å². The van der Waals surface area contributed by atoms with Gasteiger partial charge >= 0.3 is 0 Å². The lowest BCUT2D eigenvalue weighted by Crippen LogP contribution is -2.18. The lowest BCUT2D eigenvalue weighted by Gasteiger charge is -2.08. The third-order valence-corrected chi connectivity index (χ3v) is 5.24. The van der Waals surface area contributed by atoms with Gasteiger partial charge in [-0.25, -0.2) is 4.98 Å². The van der Waals surface area contributed by atoms with Gasteiger partial charge in [0.25, 0.3) is 5.91 Å². The fraction of sp³-hybridized carbons (Fsp3) is 0.130. The summed E-state index contributed by atoms with van der Waals surface area (Å²) in [5.74, 6) is 0.580. The Labute approximate surface area is 188 Å². The number of methoxy groups -OCH3 is 1. The third kappa shape index (κ3) is 3.89. The zero-order valence-corrected chi connectivity index (χ0v) is 18.0. The molecule has 0 aliphatic carbocycles. The minimum Gasteiger partial charge on any atom is -0.480 e. The molecular weight excluding hydrogens is 420 g/mol. The highest BCUT2D eigenvalue weighted by Gasteiger charge is 2.17. The van der Waals surface area contributed by atoms with Crippen LogP contribution in [0.25, 0.3) is 33.4 Å². The number of aromatic amines is 1. The van der Waals surface area contributed by atoms with Gasteiger partial charge in [-0.05, 0) is 34.5 Å². The summed E-state index contributed by atoms with van der Waals surface area (Å²) in [6, 6.07) is 17.5. The highest BCUT2D eigenvalue weighted by molar-refractivity contribution is 6.05. The molecule has 0 spiro atoms. The van der Waals surface area contributed by atoms with Crippen molar-refractivity contribution in [3.63, 3.8) is 0 Å². The number of fused-ring (bicyclic) bond motifs is 1. The molecule has 0 radical (unpaired) electrons. The number of pyridine rings is 1. The van der Waals surface area contributed by atoms with Crippen LogP contribution in [0.3, 0.4) is 0 Å². The number of aromatic nitrogens is 7. The molecule has 10 nitrogen and oxygen atoms in total. The Balaban J connectivity index is 1.50. The molecule has 0 fully saturated rings. The molecule has 3 aromatic heterocycles. The molecule has 2 aromatic carbocycles. The number of nitrogens with one attached hydrogen (secondary N) is 2. The molecular formula is C23H20N8O2. The lowest BCUT2D eigenvalue weighted by atomic mass is 10.0. The van der Waals surface area contributed by atoms with Crippen molar-refractivity contribution in [3.8, 4) is 28.4 Å². The maximum atomic E-state index is 12.0. The summed E-state index contributed by atoms with van der Waals surface area (Å²) in [4.78, 5) is 18.0. The van der Waals surface area contributed by atoms with Gasteiger partial charge < -0.3 is 10.1 Å². The quantitative estimate of drug-likeness (QED) is 0.416. The van der Waals surface area contributed by atoms with Crippen LogP contribution in [0, 0.1) is 0 Å². The fourth-order valence-corrected chi connectivity index (χ4v) is 3.59. The van der Waals surface area contributed by atoms with Crippen molar-refractivity contribution in [3.05, 3.63) is 72.1 Å². The van der Waals surface area contributed by atoms with Crippen LogP contribution >= 0.6 is 0 Å². The van der Waals surface area contributed by atoms with Crippen LogP contribution in [0.15, 0.2) is 60.8 Å².